The lowest BCUT2D eigenvalue weighted by Gasteiger charge is -2.13. The Hall–Kier alpha value is -1.83. The van der Waals surface area contributed by atoms with E-state index in [1.54, 1.807) is 22.9 Å². The SMILES string of the molecule is NCCCn1c(-c2cccc3ncsc23)cc(=O)[nH]c1=S. The summed E-state index contributed by atoms with van der Waals surface area (Å²) in [4.78, 5) is 18.8. The quantitative estimate of drug-likeness (QED) is 0.725. The summed E-state index contributed by atoms with van der Waals surface area (Å²) in [6, 6.07) is 7.47. The molecule has 2 aromatic heterocycles. The molecule has 0 saturated carbocycles. The first-order chi connectivity index (χ1) is 10.2. The monoisotopic (exact) mass is 318 g/mol. The van der Waals surface area contributed by atoms with E-state index in [1.807, 2.05) is 22.8 Å². The first-order valence-corrected chi connectivity index (χ1v) is 7.86. The minimum absolute atomic E-state index is 0.194. The van der Waals surface area contributed by atoms with E-state index >= 15 is 0 Å². The van der Waals surface area contributed by atoms with Crippen LogP contribution in [0.3, 0.4) is 0 Å². The first kappa shape index (κ1) is 14.1. The summed E-state index contributed by atoms with van der Waals surface area (Å²) >= 11 is 6.85. The van der Waals surface area contributed by atoms with Crippen molar-refractivity contribution in [2.24, 2.45) is 5.73 Å². The van der Waals surface area contributed by atoms with Gasteiger partial charge in [0, 0.05) is 18.2 Å². The molecule has 0 aliphatic carbocycles. The molecule has 0 bridgehead atoms. The smallest absolute Gasteiger partial charge is 0.252 e. The minimum Gasteiger partial charge on any atom is -0.330 e. The normalized spacial score (nSPS) is 11.1. The number of H-pyrrole nitrogens is 1. The zero-order valence-corrected chi connectivity index (χ0v) is 12.8. The molecule has 3 rings (SSSR count). The highest BCUT2D eigenvalue weighted by Crippen LogP contribution is 2.30. The number of fused-ring (bicyclic) bond motifs is 1. The maximum absolute atomic E-state index is 11.8. The molecule has 108 valence electrons. The molecule has 0 spiro atoms. The Morgan fingerprint density at radius 3 is 3.10 bits per heavy atom. The third-order valence-corrected chi connectivity index (χ3v) is 4.45. The van der Waals surface area contributed by atoms with Gasteiger partial charge >= 0.3 is 0 Å². The van der Waals surface area contributed by atoms with Crippen LogP contribution in [0.1, 0.15) is 6.42 Å². The molecule has 0 saturated heterocycles. The molecule has 5 nitrogen and oxygen atoms in total. The Labute approximate surface area is 130 Å². The van der Waals surface area contributed by atoms with Gasteiger partial charge in [0.15, 0.2) is 4.77 Å². The van der Waals surface area contributed by atoms with Gasteiger partial charge in [-0.05, 0) is 31.2 Å². The van der Waals surface area contributed by atoms with Crippen molar-refractivity contribution in [3.8, 4) is 11.3 Å². The van der Waals surface area contributed by atoms with Crippen LogP contribution < -0.4 is 11.3 Å². The van der Waals surface area contributed by atoms with Gasteiger partial charge in [0.2, 0.25) is 0 Å². The highest BCUT2D eigenvalue weighted by atomic mass is 32.1. The predicted molar refractivity (Wildman–Crippen MR) is 88.2 cm³/mol. The second-order valence-electron chi connectivity index (χ2n) is 4.62. The average molecular weight is 318 g/mol. The van der Waals surface area contributed by atoms with Crippen molar-refractivity contribution in [2.75, 3.05) is 6.54 Å². The average Bonchev–Trinajstić information content (AvgIpc) is 2.94. The number of nitrogens with one attached hydrogen (secondary N) is 1. The molecule has 2 heterocycles. The van der Waals surface area contributed by atoms with Crippen molar-refractivity contribution in [1.29, 1.82) is 0 Å². The Balaban J connectivity index is 2.28. The number of aromatic amines is 1. The van der Waals surface area contributed by atoms with Gasteiger partial charge in [0.1, 0.15) is 0 Å². The summed E-state index contributed by atoms with van der Waals surface area (Å²) in [5.41, 5.74) is 9.92. The van der Waals surface area contributed by atoms with Crippen LogP contribution in [0.2, 0.25) is 0 Å². The molecule has 0 fully saturated rings. The molecule has 3 N–H and O–H groups in total. The highest BCUT2D eigenvalue weighted by Gasteiger charge is 2.11. The van der Waals surface area contributed by atoms with E-state index in [4.69, 9.17) is 18.0 Å². The number of nitrogens with two attached hydrogens (primary N) is 1. The van der Waals surface area contributed by atoms with Gasteiger partial charge in [-0.25, -0.2) is 4.98 Å². The van der Waals surface area contributed by atoms with Crippen molar-refractivity contribution in [3.05, 3.63) is 44.9 Å². The third kappa shape index (κ3) is 2.67. The molecular weight excluding hydrogens is 304 g/mol. The molecule has 7 heteroatoms. The third-order valence-electron chi connectivity index (χ3n) is 3.25. The molecule has 1 aromatic carbocycles. The van der Waals surface area contributed by atoms with Gasteiger partial charge in [-0.3, -0.25) is 9.78 Å². The van der Waals surface area contributed by atoms with Gasteiger partial charge < -0.3 is 10.3 Å². The number of thiazole rings is 1. The van der Waals surface area contributed by atoms with Crippen molar-refractivity contribution < 1.29 is 0 Å². The summed E-state index contributed by atoms with van der Waals surface area (Å²) in [7, 11) is 0. The molecule has 0 amide bonds. The van der Waals surface area contributed by atoms with Gasteiger partial charge in [-0.15, -0.1) is 11.3 Å². The van der Waals surface area contributed by atoms with E-state index < -0.39 is 0 Å². The number of hydrogen-bond donors (Lipinski definition) is 2. The van der Waals surface area contributed by atoms with Crippen molar-refractivity contribution in [2.45, 2.75) is 13.0 Å². The van der Waals surface area contributed by atoms with Crippen LogP contribution in [0.4, 0.5) is 0 Å². The standard InChI is InChI=1S/C14H14N4OS2/c15-5-2-6-18-11(7-12(19)17-14(18)20)9-3-1-4-10-13(9)21-8-16-10/h1,3-4,7-8H,2,5-6,15H2,(H,17,19,20). The second-order valence-corrected chi connectivity index (χ2v) is 5.87. The first-order valence-electron chi connectivity index (χ1n) is 6.57. The van der Waals surface area contributed by atoms with Crippen LogP contribution >= 0.6 is 23.6 Å². The molecule has 21 heavy (non-hydrogen) atoms. The van der Waals surface area contributed by atoms with Crippen molar-refractivity contribution >= 4 is 33.8 Å². The van der Waals surface area contributed by atoms with E-state index in [2.05, 4.69) is 9.97 Å². The summed E-state index contributed by atoms with van der Waals surface area (Å²) < 4.78 is 3.41. The molecule has 0 aliphatic heterocycles. The lowest BCUT2D eigenvalue weighted by Crippen LogP contribution is -2.16. The van der Waals surface area contributed by atoms with Crippen LogP contribution in [-0.2, 0) is 6.54 Å². The molecule has 0 aliphatic rings. The summed E-state index contributed by atoms with van der Waals surface area (Å²) in [6.45, 7) is 1.25. The van der Waals surface area contributed by atoms with Crippen LogP contribution in [0.15, 0.2) is 34.6 Å². The molecule has 0 unspecified atom stereocenters. The van der Waals surface area contributed by atoms with E-state index in [0.717, 1.165) is 27.9 Å². The van der Waals surface area contributed by atoms with E-state index in [9.17, 15) is 4.79 Å². The molecule has 0 radical (unpaired) electrons. The highest BCUT2D eigenvalue weighted by molar-refractivity contribution is 7.71. The molecular formula is C14H14N4OS2. The summed E-state index contributed by atoms with van der Waals surface area (Å²) in [6.07, 6.45) is 0.798. The number of nitrogens with zero attached hydrogens (tertiary/aromatic N) is 2. The maximum Gasteiger partial charge on any atom is 0.252 e. The van der Waals surface area contributed by atoms with Crippen LogP contribution in [-0.4, -0.2) is 21.1 Å². The van der Waals surface area contributed by atoms with Crippen LogP contribution in [0.5, 0.6) is 0 Å². The van der Waals surface area contributed by atoms with E-state index in [-0.39, 0.29) is 5.56 Å². The number of benzene rings is 1. The Kier molecular flexibility index (Phi) is 3.96. The molecule has 0 atom stereocenters. The maximum atomic E-state index is 11.8. The Bertz CT molecular complexity index is 894. The molecule has 3 aromatic rings. The fraction of sp³-hybridized carbons (Fsp3) is 0.214. The summed E-state index contributed by atoms with van der Waals surface area (Å²) in [5.74, 6) is 0. The van der Waals surface area contributed by atoms with Gasteiger partial charge in [-0.1, -0.05) is 12.1 Å². The lowest BCUT2D eigenvalue weighted by molar-refractivity contribution is 0.631. The van der Waals surface area contributed by atoms with Gasteiger partial charge in [0.25, 0.3) is 5.56 Å². The zero-order chi connectivity index (χ0) is 14.8. The minimum atomic E-state index is -0.194. The number of aromatic nitrogens is 3. The predicted octanol–water partition coefficient (Wildman–Crippen LogP) is 2.53. The van der Waals surface area contributed by atoms with E-state index in [0.29, 0.717) is 17.9 Å². The van der Waals surface area contributed by atoms with Crippen molar-refractivity contribution in [1.82, 2.24) is 14.5 Å². The Morgan fingerprint density at radius 2 is 2.29 bits per heavy atom. The van der Waals surface area contributed by atoms with E-state index in [1.165, 1.54) is 0 Å². The topological polar surface area (TPSA) is 76.7 Å². The van der Waals surface area contributed by atoms with Gasteiger partial charge in [0.05, 0.1) is 21.4 Å². The summed E-state index contributed by atoms with van der Waals surface area (Å²) in [5, 5.41) is 0. The Morgan fingerprint density at radius 1 is 1.43 bits per heavy atom. The lowest BCUT2D eigenvalue weighted by atomic mass is 10.1. The number of rotatable bonds is 4. The van der Waals surface area contributed by atoms with Gasteiger partial charge in [-0.2, -0.15) is 0 Å². The fourth-order valence-electron chi connectivity index (χ4n) is 2.30. The largest absolute Gasteiger partial charge is 0.330 e. The van der Waals surface area contributed by atoms with Crippen LogP contribution in [0.25, 0.3) is 21.5 Å². The van der Waals surface area contributed by atoms with Crippen molar-refractivity contribution in [3.63, 3.8) is 0 Å². The fourth-order valence-corrected chi connectivity index (χ4v) is 3.41. The zero-order valence-electron chi connectivity index (χ0n) is 11.2. The van der Waals surface area contributed by atoms with Crippen LogP contribution in [0, 0.1) is 4.77 Å². The second kappa shape index (κ2) is 5.88. The number of hydrogen-bond acceptors (Lipinski definition) is 5.